The minimum atomic E-state index is -3.29. The van der Waals surface area contributed by atoms with Crippen molar-refractivity contribution in [2.24, 2.45) is 5.92 Å². The van der Waals surface area contributed by atoms with Gasteiger partial charge in [0.15, 0.2) is 0 Å². The van der Waals surface area contributed by atoms with Crippen LogP contribution in [0.2, 0.25) is 0 Å². The third kappa shape index (κ3) is 3.72. The highest BCUT2D eigenvalue weighted by Crippen LogP contribution is 2.24. The Balaban J connectivity index is 2.13. The summed E-state index contributed by atoms with van der Waals surface area (Å²) in [6.07, 6.45) is 5.06. The van der Waals surface area contributed by atoms with Crippen LogP contribution in [0.3, 0.4) is 0 Å². The van der Waals surface area contributed by atoms with E-state index in [-0.39, 0.29) is 6.04 Å². The van der Waals surface area contributed by atoms with Gasteiger partial charge in [0.05, 0.1) is 0 Å². The molecule has 2 fully saturated rings. The molecule has 2 rings (SSSR count). The molecule has 1 N–H and O–H groups in total. The summed E-state index contributed by atoms with van der Waals surface area (Å²) in [5.74, 6) is 0.478. The Morgan fingerprint density at radius 1 is 1.30 bits per heavy atom. The lowest BCUT2D eigenvalue weighted by Crippen LogP contribution is -2.55. The molecule has 0 aliphatic carbocycles. The molecule has 20 heavy (non-hydrogen) atoms. The largest absolute Gasteiger partial charge is 0.315 e. The van der Waals surface area contributed by atoms with Gasteiger partial charge in [0.25, 0.3) is 10.2 Å². The highest BCUT2D eigenvalue weighted by molar-refractivity contribution is 7.86. The van der Waals surface area contributed by atoms with Crippen LogP contribution in [0.5, 0.6) is 0 Å². The Kier molecular flexibility index (Phi) is 5.84. The summed E-state index contributed by atoms with van der Waals surface area (Å²) in [6, 6.07) is 0.130. The van der Waals surface area contributed by atoms with Gasteiger partial charge in [0, 0.05) is 32.2 Å². The van der Waals surface area contributed by atoms with Gasteiger partial charge in [-0.25, -0.2) is 0 Å². The molecule has 6 heteroatoms. The second-order valence-corrected chi connectivity index (χ2v) is 8.11. The van der Waals surface area contributed by atoms with Crippen molar-refractivity contribution < 1.29 is 8.42 Å². The first kappa shape index (κ1) is 16.2. The van der Waals surface area contributed by atoms with Gasteiger partial charge in [0.1, 0.15) is 0 Å². The second kappa shape index (κ2) is 7.20. The van der Waals surface area contributed by atoms with Crippen molar-refractivity contribution in [2.75, 3.05) is 32.7 Å². The summed E-state index contributed by atoms with van der Waals surface area (Å²) < 4.78 is 29.4. The maximum Gasteiger partial charge on any atom is 0.282 e. The zero-order valence-corrected chi connectivity index (χ0v) is 13.7. The first-order valence-electron chi connectivity index (χ1n) is 8.03. The number of rotatable bonds is 5. The summed E-state index contributed by atoms with van der Waals surface area (Å²) in [5.41, 5.74) is 0. The predicted molar refractivity (Wildman–Crippen MR) is 81.8 cm³/mol. The van der Waals surface area contributed by atoms with E-state index in [2.05, 4.69) is 19.2 Å². The van der Waals surface area contributed by atoms with Crippen LogP contribution in [0.25, 0.3) is 0 Å². The minimum Gasteiger partial charge on any atom is -0.315 e. The SMILES string of the molecule is CCCN(C1CCCNC1)S(=O)(=O)N1CCCC(C)C1. The van der Waals surface area contributed by atoms with Gasteiger partial charge < -0.3 is 5.32 Å². The zero-order valence-electron chi connectivity index (χ0n) is 12.8. The van der Waals surface area contributed by atoms with E-state index in [1.165, 1.54) is 0 Å². The van der Waals surface area contributed by atoms with Crippen LogP contribution in [0, 0.1) is 5.92 Å². The van der Waals surface area contributed by atoms with E-state index < -0.39 is 10.2 Å². The van der Waals surface area contributed by atoms with Crippen LogP contribution in [0.15, 0.2) is 0 Å². The number of hydrogen-bond acceptors (Lipinski definition) is 3. The second-order valence-electron chi connectivity index (χ2n) is 6.22. The molecule has 2 unspecified atom stereocenters. The van der Waals surface area contributed by atoms with Gasteiger partial charge >= 0.3 is 0 Å². The van der Waals surface area contributed by atoms with Gasteiger partial charge in [-0.2, -0.15) is 17.0 Å². The smallest absolute Gasteiger partial charge is 0.282 e. The molecule has 0 saturated carbocycles. The minimum absolute atomic E-state index is 0.130. The molecule has 0 radical (unpaired) electrons. The van der Waals surface area contributed by atoms with Gasteiger partial charge in [-0.05, 0) is 44.6 Å². The van der Waals surface area contributed by atoms with Crippen molar-refractivity contribution in [3.63, 3.8) is 0 Å². The highest BCUT2D eigenvalue weighted by Gasteiger charge is 2.36. The normalized spacial score (nSPS) is 29.8. The van der Waals surface area contributed by atoms with Crippen LogP contribution in [0.4, 0.5) is 0 Å². The monoisotopic (exact) mass is 303 g/mol. The van der Waals surface area contributed by atoms with Gasteiger partial charge in [-0.15, -0.1) is 0 Å². The molecule has 2 aliphatic heterocycles. The lowest BCUT2D eigenvalue weighted by atomic mass is 10.0. The summed E-state index contributed by atoms with van der Waals surface area (Å²) in [7, 11) is -3.29. The van der Waals surface area contributed by atoms with E-state index in [1.54, 1.807) is 8.61 Å². The van der Waals surface area contributed by atoms with E-state index in [9.17, 15) is 8.42 Å². The predicted octanol–water partition coefficient (Wildman–Crippen LogP) is 1.43. The first-order valence-corrected chi connectivity index (χ1v) is 9.43. The van der Waals surface area contributed by atoms with Crippen molar-refractivity contribution in [3.8, 4) is 0 Å². The first-order chi connectivity index (χ1) is 9.55. The molecule has 2 atom stereocenters. The Labute approximate surface area is 123 Å². The van der Waals surface area contributed by atoms with Crippen molar-refractivity contribution in [1.82, 2.24) is 13.9 Å². The zero-order chi connectivity index (χ0) is 14.6. The number of nitrogens with one attached hydrogen (secondary N) is 1. The number of nitrogens with zero attached hydrogens (tertiary/aromatic N) is 2. The number of hydrogen-bond donors (Lipinski definition) is 1. The summed E-state index contributed by atoms with van der Waals surface area (Å²) in [5, 5.41) is 3.33. The molecule has 0 spiro atoms. The maximum atomic E-state index is 12.9. The van der Waals surface area contributed by atoms with E-state index in [0.717, 1.165) is 45.2 Å². The van der Waals surface area contributed by atoms with Crippen molar-refractivity contribution in [3.05, 3.63) is 0 Å². The molecule has 0 amide bonds. The summed E-state index contributed by atoms with van der Waals surface area (Å²) in [4.78, 5) is 0. The lowest BCUT2D eigenvalue weighted by molar-refractivity contribution is 0.220. The molecule has 2 heterocycles. The summed E-state index contributed by atoms with van der Waals surface area (Å²) >= 11 is 0. The highest BCUT2D eigenvalue weighted by atomic mass is 32.2. The fourth-order valence-electron chi connectivity index (χ4n) is 3.29. The molecule has 0 aromatic rings. The van der Waals surface area contributed by atoms with E-state index in [4.69, 9.17) is 0 Å². The lowest BCUT2D eigenvalue weighted by Gasteiger charge is -2.39. The molecule has 0 aromatic carbocycles. The Morgan fingerprint density at radius 3 is 2.70 bits per heavy atom. The summed E-state index contributed by atoms with van der Waals surface area (Å²) in [6.45, 7) is 8.01. The van der Waals surface area contributed by atoms with Gasteiger partial charge in [-0.3, -0.25) is 0 Å². The third-order valence-electron chi connectivity index (χ3n) is 4.36. The quantitative estimate of drug-likeness (QED) is 0.836. The molecule has 2 saturated heterocycles. The Bertz CT molecular complexity index is 393. The van der Waals surface area contributed by atoms with Crippen LogP contribution in [0.1, 0.15) is 46.0 Å². The molecular weight excluding hydrogens is 274 g/mol. The topological polar surface area (TPSA) is 52.7 Å². The van der Waals surface area contributed by atoms with Crippen molar-refractivity contribution in [2.45, 2.75) is 52.0 Å². The molecule has 0 bridgehead atoms. The Morgan fingerprint density at radius 2 is 2.10 bits per heavy atom. The molecular formula is C14H29N3O2S. The van der Waals surface area contributed by atoms with Crippen LogP contribution >= 0.6 is 0 Å². The van der Waals surface area contributed by atoms with Gasteiger partial charge in [-0.1, -0.05) is 13.8 Å². The van der Waals surface area contributed by atoms with Crippen LogP contribution in [-0.2, 0) is 10.2 Å². The standard InChI is InChI=1S/C14H29N3O2S/c1-3-9-17(14-7-4-8-15-11-14)20(18,19)16-10-5-6-13(2)12-16/h13-15H,3-12H2,1-2H3. The van der Waals surface area contributed by atoms with Crippen molar-refractivity contribution in [1.29, 1.82) is 0 Å². The van der Waals surface area contributed by atoms with E-state index in [1.807, 2.05) is 0 Å². The van der Waals surface area contributed by atoms with E-state index in [0.29, 0.717) is 25.6 Å². The average molecular weight is 303 g/mol. The fourth-order valence-corrected chi connectivity index (χ4v) is 5.36. The number of piperidine rings is 2. The average Bonchev–Trinajstić information content (AvgIpc) is 2.45. The maximum absolute atomic E-state index is 12.9. The third-order valence-corrected chi connectivity index (χ3v) is 6.42. The van der Waals surface area contributed by atoms with Crippen molar-refractivity contribution >= 4 is 10.2 Å². The Hall–Kier alpha value is -0.170. The van der Waals surface area contributed by atoms with Crippen LogP contribution < -0.4 is 5.32 Å². The molecule has 0 aromatic heterocycles. The van der Waals surface area contributed by atoms with Gasteiger partial charge in [0.2, 0.25) is 0 Å². The van der Waals surface area contributed by atoms with E-state index >= 15 is 0 Å². The molecule has 5 nitrogen and oxygen atoms in total. The van der Waals surface area contributed by atoms with Crippen LogP contribution in [-0.4, -0.2) is 55.8 Å². The molecule has 2 aliphatic rings. The molecule has 118 valence electrons. The fraction of sp³-hybridized carbons (Fsp3) is 1.00.